The summed E-state index contributed by atoms with van der Waals surface area (Å²) >= 11 is 5.95. The van der Waals surface area contributed by atoms with Crippen LogP contribution in [-0.4, -0.2) is 28.0 Å². The molecule has 0 radical (unpaired) electrons. The van der Waals surface area contributed by atoms with E-state index in [1.807, 2.05) is 13.8 Å². The number of nitrogens with zero attached hydrogens (tertiary/aromatic N) is 4. The summed E-state index contributed by atoms with van der Waals surface area (Å²) in [6, 6.07) is 6.27. The molecule has 0 aliphatic carbocycles. The van der Waals surface area contributed by atoms with Gasteiger partial charge in [0.2, 0.25) is 17.2 Å². The first kappa shape index (κ1) is 15.4. The molecule has 1 N–H and O–H groups in total. The quantitative estimate of drug-likeness (QED) is 0.883. The van der Waals surface area contributed by atoms with Crippen LogP contribution >= 0.6 is 11.6 Å². The van der Waals surface area contributed by atoms with Crippen molar-refractivity contribution in [3.63, 3.8) is 0 Å². The van der Waals surface area contributed by atoms with Gasteiger partial charge in [0.25, 0.3) is 0 Å². The maximum Gasteiger partial charge on any atom is 0.236 e. The highest BCUT2D eigenvalue weighted by molar-refractivity contribution is 6.28. The van der Waals surface area contributed by atoms with Gasteiger partial charge in [0, 0.05) is 18.8 Å². The summed E-state index contributed by atoms with van der Waals surface area (Å²) in [4.78, 5) is 14.3. The van der Waals surface area contributed by atoms with Crippen molar-refractivity contribution >= 4 is 29.2 Å². The van der Waals surface area contributed by atoms with Gasteiger partial charge in [0.1, 0.15) is 5.82 Å². The molecule has 2 rings (SSSR count). The van der Waals surface area contributed by atoms with E-state index in [4.69, 9.17) is 11.6 Å². The molecule has 5 nitrogen and oxygen atoms in total. The largest absolute Gasteiger partial charge is 0.354 e. The molecule has 0 atom stereocenters. The van der Waals surface area contributed by atoms with Gasteiger partial charge in [-0.1, -0.05) is 13.0 Å². The first-order chi connectivity index (χ1) is 10.1. The zero-order valence-corrected chi connectivity index (χ0v) is 12.7. The molecule has 0 fully saturated rings. The lowest BCUT2D eigenvalue weighted by atomic mass is 10.3. The monoisotopic (exact) mass is 309 g/mol. The average Bonchev–Trinajstić information content (AvgIpc) is 2.45. The van der Waals surface area contributed by atoms with Gasteiger partial charge in [0.05, 0.1) is 0 Å². The van der Waals surface area contributed by atoms with Crippen molar-refractivity contribution in [2.45, 2.75) is 20.3 Å². The Balaban J connectivity index is 2.35. The van der Waals surface area contributed by atoms with Crippen LogP contribution in [0.4, 0.5) is 22.0 Å². The summed E-state index contributed by atoms with van der Waals surface area (Å²) < 4.78 is 13.4. The van der Waals surface area contributed by atoms with Gasteiger partial charge in [0.15, 0.2) is 0 Å². The fourth-order valence-corrected chi connectivity index (χ4v) is 2.02. The summed E-state index contributed by atoms with van der Waals surface area (Å²) in [7, 11) is 0. The normalized spacial score (nSPS) is 10.5. The lowest BCUT2D eigenvalue weighted by Crippen LogP contribution is -2.20. The Kier molecular flexibility index (Phi) is 5.27. The standard InChI is InChI=1S/C14H17ClFN5/c1-3-8-17-13-18-12(15)19-14(20-13)21(4-2)11-7-5-6-10(16)9-11/h5-7,9H,3-4,8H2,1-2H3,(H,17,18,19,20). The zero-order chi connectivity index (χ0) is 15.2. The van der Waals surface area contributed by atoms with Crippen LogP contribution in [0.1, 0.15) is 20.3 Å². The Morgan fingerprint density at radius 2 is 2.05 bits per heavy atom. The second-order valence-corrected chi connectivity index (χ2v) is 4.72. The third-order valence-corrected chi connectivity index (χ3v) is 2.98. The van der Waals surface area contributed by atoms with Gasteiger partial charge < -0.3 is 10.2 Å². The van der Waals surface area contributed by atoms with E-state index in [9.17, 15) is 4.39 Å². The molecular formula is C14H17ClFN5. The molecule has 1 aromatic carbocycles. The van der Waals surface area contributed by atoms with E-state index < -0.39 is 0 Å². The fourth-order valence-electron chi connectivity index (χ4n) is 1.86. The van der Waals surface area contributed by atoms with E-state index >= 15 is 0 Å². The van der Waals surface area contributed by atoms with Crippen molar-refractivity contribution in [2.24, 2.45) is 0 Å². The molecule has 0 saturated heterocycles. The minimum Gasteiger partial charge on any atom is -0.354 e. The van der Waals surface area contributed by atoms with E-state index in [0.29, 0.717) is 24.1 Å². The Morgan fingerprint density at radius 3 is 2.71 bits per heavy atom. The predicted molar refractivity (Wildman–Crippen MR) is 82.7 cm³/mol. The van der Waals surface area contributed by atoms with E-state index in [-0.39, 0.29) is 11.1 Å². The Hall–Kier alpha value is -1.95. The van der Waals surface area contributed by atoms with Crippen molar-refractivity contribution in [3.8, 4) is 0 Å². The molecule has 0 amide bonds. The topological polar surface area (TPSA) is 53.9 Å². The summed E-state index contributed by atoms with van der Waals surface area (Å²) in [5.74, 6) is 0.499. The van der Waals surface area contributed by atoms with Crippen LogP contribution < -0.4 is 10.2 Å². The van der Waals surface area contributed by atoms with Crippen LogP contribution in [0, 0.1) is 5.82 Å². The van der Waals surface area contributed by atoms with Gasteiger partial charge in [-0.15, -0.1) is 0 Å². The fraction of sp³-hybridized carbons (Fsp3) is 0.357. The molecular weight excluding hydrogens is 293 g/mol. The number of aromatic nitrogens is 3. The van der Waals surface area contributed by atoms with Crippen LogP contribution in [0.5, 0.6) is 0 Å². The van der Waals surface area contributed by atoms with Crippen molar-refractivity contribution in [1.29, 1.82) is 0 Å². The third kappa shape index (κ3) is 4.01. The minimum absolute atomic E-state index is 0.105. The molecule has 0 saturated carbocycles. The number of halogens is 2. The lowest BCUT2D eigenvalue weighted by Gasteiger charge is -2.21. The number of nitrogens with one attached hydrogen (secondary N) is 1. The SMILES string of the molecule is CCCNc1nc(Cl)nc(N(CC)c2cccc(F)c2)n1. The van der Waals surface area contributed by atoms with E-state index in [2.05, 4.69) is 20.3 Å². The highest BCUT2D eigenvalue weighted by Crippen LogP contribution is 2.24. The Labute approximate surface area is 128 Å². The Bertz CT molecular complexity index is 608. The summed E-state index contributed by atoms with van der Waals surface area (Å²) in [6.45, 7) is 5.30. The van der Waals surface area contributed by atoms with Crippen molar-refractivity contribution in [1.82, 2.24) is 15.0 Å². The molecule has 0 unspecified atom stereocenters. The highest BCUT2D eigenvalue weighted by atomic mass is 35.5. The molecule has 112 valence electrons. The van der Waals surface area contributed by atoms with E-state index in [1.165, 1.54) is 12.1 Å². The number of hydrogen-bond donors (Lipinski definition) is 1. The predicted octanol–water partition coefficient (Wildman–Crippen LogP) is 3.64. The minimum atomic E-state index is -0.310. The van der Waals surface area contributed by atoms with Gasteiger partial charge in [-0.2, -0.15) is 15.0 Å². The third-order valence-electron chi connectivity index (χ3n) is 2.81. The molecule has 0 spiro atoms. The summed E-state index contributed by atoms with van der Waals surface area (Å²) in [6.07, 6.45) is 0.944. The first-order valence-electron chi connectivity index (χ1n) is 6.82. The van der Waals surface area contributed by atoms with Gasteiger partial charge in [-0.25, -0.2) is 4.39 Å². The second-order valence-electron chi connectivity index (χ2n) is 4.38. The number of anilines is 3. The lowest BCUT2D eigenvalue weighted by molar-refractivity contribution is 0.627. The van der Waals surface area contributed by atoms with Crippen LogP contribution in [0.3, 0.4) is 0 Å². The molecule has 0 bridgehead atoms. The average molecular weight is 310 g/mol. The number of rotatable bonds is 6. The summed E-state index contributed by atoms with van der Waals surface area (Å²) in [5, 5.41) is 3.18. The van der Waals surface area contributed by atoms with Gasteiger partial charge in [-0.3, -0.25) is 0 Å². The van der Waals surface area contributed by atoms with Crippen LogP contribution in [-0.2, 0) is 0 Å². The van der Waals surface area contributed by atoms with E-state index in [0.717, 1.165) is 13.0 Å². The van der Waals surface area contributed by atoms with Crippen LogP contribution in [0.25, 0.3) is 0 Å². The Morgan fingerprint density at radius 1 is 1.24 bits per heavy atom. The van der Waals surface area contributed by atoms with Crippen molar-refractivity contribution < 1.29 is 4.39 Å². The summed E-state index contributed by atoms with van der Waals surface area (Å²) in [5.41, 5.74) is 0.668. The van der Waals surface area contributed by atoms with Gasteiger partial charge >= 0.3 is 0 Å². The molecule has 21 heavy (non-hydrogen) atoms. The molecule has 1 aromatic heterocycles. The highest BCUT2D eigenvalue weighted by Gasteiger charge is 2.14. The number of hydrogen-bond acceptors (Lipinski definition) is 5. The van der Waals surface area contributed by atoms with Crippen LogP contribution in [0.15, 0.2) is 24.3 Å². The van der Waals surface area contributed by atoms with Crippen molar-refractivity contribution in [2.75, 3.05) is 23.3 Å². The first-order valence-corrected chi connectivity index (χ1v) is 7.20. The van der Waals surface area contributed by atoms with E-state index in [1.54, 1.807) is 17.0 Å². The molecule has 2 aromatic rings. The molecule has 0 aliphatic heterocycles. The molecule has 1 heterocycles. The van der Waals surface area contributed by atoms with Gasteiger partial charge in [-0.05, 0) is 43.1 Å². The second kappa shape index (κ2) is 7.17. The van der Waals surface area contributed by atoms with Crippen molar-refractivity contribution in [3.05, 3.63) is 35.4 Å². The maximum atomic E-state index is 13.4. The molecule has 7 heteroatoms. The maximum absolute atomic E-state index is 13.4. The zero-order valence-electron chi connectivity index (χ0n) is 12.0. The van der Waals surface area contributed by atoms with Crippen LogP contribution in [0.2, 0.25) is 5.28 Å². The molecule has 0 aliphatic rings. The number of benzene rings is 1. The smallest absolute Gasteiger partial charge is 0.236 e.